The second-order valence-electron chi connectivity index (χ2n) is 9.99. The van der Waals surface area contributed by atoms with E-state index in [2.05, 4.69) is 5.10 Å². The van der Waals surface area contributed by atoms with Gasteiger partial charge < -0.3 is 9.47 Å². The van der Waals surface area contributed by atoms with Crippen molar-refractivity contribution in [2.45, 2.75) is 46.7 Å². The first-order chi connectivity index (χ1) is 18.4. The molecule has 3 heterocycles. The van der Waals surface area contributed by atoms with Crippen LogP contribution in [0.1, 0.15) is 43.6 Å². The van der Waals surface area contributed by atoms with Crippen molar-refractivity contribution in [3.63, 3.8) is 0 Å². The number of thiophene rings is 1. The zero-order chi connectivity index (χ0) is 28.6. The lowest BCUT2D eigenvalue weighted by Crippen LogP contribution is -2.53. The molecule has 10 nitrogen and oxygen atoms in total. The number of carbonyl (C=O) groups excluding carboxylic acids is 2. The summed E-state index contributed by atoms with van der Waals surface area (Å²) in [4.78, 5) is 54.5. The number of methoxy groups -OCH3 is 1. The number of carbonyl (C=O) groups is 2. The predicted molar refractivity (Wildman–Crippen MR) is 145 cm³/mol. The average molecular weight is 557 g/mol. The average Bonchev–Trinajstić information content (AvgIpc) is 3.52. The number of fused-ring (bicyclic) bond motifs is 1. The quantitative estimate of drug-likeness (QED) is 0.228. The summed E-state index contributed by atoms with van der Waals surface area (Å²) in [7, 11) is 1.35. The smallest absolute Gasteiger partial charge is 0.333 e. The minimum absolute atomic E-state index is 0.0372. The Balaban J connectivity index is 1.98. The minimum Gasteiger partial charge on any atom is -0.496 e. The van der Waals surface area contributed by atoms with Crippen LogP contribution in [0.4, 0.5) is 4.39 Å². The number of ketones is 1. The van der Waals surface area contributed by atoms with Gasteiger partial charge in [-0.3, -0.25) is 14.2 Å². The van der Waals surface area contributed by atoms with Crippen LogP contribution in [0.15, 0.2) is 46.2 Å². The highest BCUT2D eigenvalue weighted by molar-refractivity contribution is 7.21. The number of benzene rings is 1. The van der Waals surface area contributed by atoms with E-state index in [1.165, 1.54) is 27.0 Å². The predicted octanol–water partition coefficient (Wildman–Crippen LogP) is 3.68. The van der Waals surface area contributed by atoms with E-state index in [0.29, 0.717) is 10.6 Å². The molecule has 0 aliphatic rings. The third-order valence-corrected chi connectivity index (χ3v) is 7.57. The van der Waals surface area contributed by atoms with E-state index in [9.17, 15) is 23.6 Å². The molecule has 0 spiro atoms. The number of rotatable bonds is 9. The van der Waals surface area contributed by atoms with Gasteiger partial charge in [-0.15, -0.1) is 0 Å². The summed E-state index contributed by atoms with van der Waals surface area (Å²) in [6, 6.07) is 5.22. The van der Waals surface area contributed by atoms with Crippen molar-refractivity contribution >= 4 is 33.3 Å². The Labute approximate surface area is 227 Å². The summed E-state index contributed by atoms with van der Waals surface area (Å²) >= 11 is 1.11. The van der Waals surface area contributed by atoms with Gasteiger partial charge in [0.1, 0.15) is 26.9 Å². The molecule has 3 aromatic heterocycles. The van der Waals surface area contributed by atoms with Crippen LogP contribution in [-0.4, -0.2) is 44.4 Å². The Morgan fingerprint density at radius 2 is 1.92 bits per heavy atom. The van der Waals surface area contributed by atoms with E-state index in [1.54, 1.807) is 30.1 Å². The maximum Gasteiger partial charge on any atom is 0.333 e. The SMILES string of the molecule is COc1ccc(F)cc1C(=O)Cn1c(=O)n(C(C)(C)C(=O)OCC(C)C)c(=O)c2c(C)c(-n3cccn3)sc21. The Kier molecular flexibility index (Phi) is 7.60. The lowest BCUT2D eigenvalue weighted by Gasteiger charge is -2.26. The molecule has 0 unspecified atom stereocenters. The molecule has 4 rings (SSSR count). The summed E-state index contributed by atoms with van der Waals surface area (Å²) in [5, 5.41) is 4.96. The van der Waals surface area contributed by atoms with E-state index in [1.807, 2.05) is 13.8 Å². The molecular weight excluding hydrogens is 527 g/mol. The van der Waals surface area contributed by atoms with Crippen molar-refractivity contribution < 1.29 is 23.5 Å². The van der Waals surface area contributed by atoms with Crippen LogP contribution < -0.4 is 16.0 Å². The molecule has 0 amide bonds. The van der Waals surface area contributed by atoms with Crippen LogP contribution in [-0.2, 0) is 21.6 Å². The van der Waals surface area contributed by atoms with Gasteiger partial charge >= 0.3 is 11.7 Å². The first kappa shape index (κ1) is 28.0. The van der Waals surface area contributed by atoms with Crippen molar-refractivity contribution in [3.8, 4) is 10.8 Å². The van der Waals surface area contributed by atoms with Crippen LogP contribution in [0.25, 0.3) is 15.2 Å². The van der Waals surface area contributed by atoms with Crippen LogP contribution >= 0.6 is 11.3 Å². The summed E-state index contributed by atoms with van der Waals surface area (Å²) in [5.74, 6) is -1.86. The van der Waals surface area contributed by atoms with Gasteiger partial charge in [-0.2, -0.15) is 5.10 Å². The highest BCUT2D eigenvalue weighted by Gasteiger charge is 2.37. The zero-order valence-electron chi connectivity index (χ0n) is 22.5. The van der Waals surface area contributed by atoms with Gasteiger partial charge in [-0.05, 0) is 51.0 Å². The maximum atomic E-state index is 14.0. The monoisotopic (exact) mass is 556 g/mol. The molecule has 0 atom stereocenters. The number of halogens is 1. The fourth-order valence-electron chi connectivity index (χ4n) is 4.21. The van der Waals surface area contributed by atoms with E-state index in [0.717, 1.165) is 32.6 Å². The van der Waals surface area contributed by atoms with Gasteiger partial charge in [0.15, 0.2) is 5.78 Å². The van der Waals surface area contributed by atoms with E-state index >= 15 is 0 Å². The third-order valence-electron chi connectivity index (χ3n) is 6.27. The molecule has 39 heavy (non-hydrogen) atoms. The van der Waals surface area contributed by atoms with Crippen molar-refractivity contribution in [1.82, 2.24) is 18.9 Å². The summed E-state index contributed by atoms with van der Waals surface area (Å²) in [5.41, 5.74) is -2.81. The first-order valence-corrected chi connectivity index (χ1v) is 13.0. The van der Waals surface area contributed by atoms with Crippen LogP contribution in [0.3, 0.4) is 0 Å². The maximum absolute atomic E-state index is 14.0. The molecule has 0 saturated carbocycles. The van der Waals surface area contributed by atoms with Crippen LogP contribution in [0.2, 0.25) is 0 Å². The molecule has 0 aliphatic heterocycles. The number of hydrogen-bond acceptors (Lipinski definition) is 8. The number of aryl methyl sites for hydroxylation is 1. The van der Waals surface area contributed by atoms with Gasteiger partial charge in [-0.1, -0.05) is 25.2 Å². The minimum atomic E-state index is -1.70. The van der Waals surface area contributed by atoms with Crippen molar-refractivity contribution in [2.75, 3.05) is 13.7 Å². The molecule has 0 aliphatic carbocycles. The van der Waals surface area contributed by atoms with Gasteiger partial charge in [0.2, 0.25) is 0 Å². The molecule has 0 radical (unpaired) electrons. The fourth-order valence-corrected chi connectivity index (χ4v) is 5.45. The zero-order valence-corrected chi connectivity index (χ0v) is 23.3. The van der Waals surface area contributed by atoms with Gasteiger partial charge in [-0.25, -0.2) is 23.2 Å². The molecular formula is C27H29FN4O6S. The normalized spacial score (nSPS) is 11.8. The fraction of sp³-hybridized carbons (Fsp3) is 0.370. The number of esters is 1. The highest BCUT2D eigenvalue weighted by Crippen LogP contribution is 2.32. The summed E-state index contributed by atoms with van der Waals surface area (Å²) in [6.07, 6.45) is 3.26. The van der Waals surface area contributed by atoms with Crippen LogP contribution in [0.5, 0.6) is 5.75 Å². The lowest BCUT2D eigenvalue weighted by molar-refractivity contribution is -0.154. The van der Waals surface area contributed by atoms with Crippen LogP contribution in [0, 0.1) is 18.7 Å². The van der Waals surface area contributed by atoms with E-state index in [-0.39, 0.29) is 34.1 Å². The molecule has 1 aromatic carbocycles. The van der Waals surface area contributed by atoms with Gasteiger partial charge in [0.05, 0.1) is 31.2 Å². The number of nitrogens with zero attached hydrogens (tertiary/aromatic N) is 4. The second-order valence-corrected chi connectivity index (χ2v) is 11.0. The Hall–Kier alpha value is -4.06. The number of aromatic nitrogens is 4. The number of hydrogen-bond donors (Lipinski definition) is 0. The standard InChI is InChI=1S/C27H29FN4O6S/c1-15(2)14-38-25(35)27(4,5)32-22(34)21-16(3)23(31-11-7-10-29-31)39-24(21)30(26(32)36)13-19(33)18-12-17(28)8-9-20(18)37-6/h7-12,15H,13-14H2,1-6H3. The Bertz CT molecular complexity index is 1680. The lowest BCUT2D eigenvalue weighted by atomic mass is 10.0. The van der Waals surface area contributed by atoms with Gasteiger partial charge in [0.25, 0.3) is 5.56 Å². The Morgan fingerprint density at radius 1 is 1.21 bits per heavy atom. The number of ether oxygens (including phenoxy) is 2. The topological polar surface area (TPSA) is 114 Å². The molecule has 0 fully saturated rings. The largest absolute Gasteiger partial charge is 0.496 e. The van der Waals surface area contributed by atoms with Gasteiger partial charge in [0, 0.05) is 18.0 Å². The molecule has 0 N–H and O–H groups in total. The molecule has 206 valence electrons. The van der Waals surface area contributed by atoms with Crippen molar-refractivity contribution in [3.05, 3.63) is 74.4 Å². The highest BCUT2D eigenvalue weighted by atomic mass is 32.1. The molecule has 0 saturated heterocycles. The van der Waals surface area contributed by atoms with Crippen molar-refractivity contribution in [1.29, 1.82) is 0 Å². The number of Topliss-reactive ketones (excluding diaryl/α,β-unsaturated/α-hetero) is 1. The Morgan fingerprint density at radius 3 is 2.54 bits per heavy atom. The van der Waals surface area contributed by atoms with Crippen molar-refractivity contribution in [2.24, 2.45) is 5.92 Å². The summed E-state index contributed by atoms with van der Waals surface area (Å²) in [6.45, 7) is 7.84. The second kappa shape index (κ2) is 10.6. The third kappa shape index (κ3) is 5.03. The summed E-state index contributed by atoms with van der Waals surface area (Å²) < 4.78 is 28.2. The first-order valence-electron chi connectivity index (χ1n) is 12.2. The van der Waals surface area contributed by atoms with E-state index < -0.39 is 40.9 Å². The molecule has 12 heteroatoms. The molecule has 0 bridgehead atoms. The molecule has 4 aromatic rings. The van der Waals surface area contributed by atoms with E-state index in [4.69, 9.17) is 9.47 Å².